The Bertz CT molecular complexity index is 580. The van der Waals surface area contributed by atoms with E-state index in [9.17, 15) is 18.0 Å². The predicted molar refractivity (Wildman–Crippen MR) is 60.6 cm³/mol. The predicted octanol–water partition coefficient (Wildman–Crippen LogP) is 2.53. The maximum Gasteiger partial charge on any atom is 0.366 e. The third kappa shape index (κ3) is 2.21. The van der Waals surface area contributed by atoms with Gasteiger partial charge in [-0.25, -0.2) is 9.37 Å². The van der Waals surface area contributed by atoms with Crippen molar-refractivity contribution in [2.45, 2.75) is 5.92 Å². The van der Waals surface area contributed by atoms with Gasteiger partial charge in [-0.15, -0.1) is 11.3 Å². The van der Waals surface area contributed by atoms with Crippen molar-refractivity contribution in [3.63, 3.8) is 0 Å². The molecule has 1 amide bonds. The van der Waals surface area contributed by atoms with E-state index in [1.54, 1.807) is 0 Å². The van der Waals surface area contributed by atoms with Crippen molar-refractivity contribution in [3.05, 3.63) is 41.2 Å². The van der Waals surface area contributed by atoms with Gasteiger partial charge in [-0.1, -0.05) is 0 Å². The molecule has 94 valence electrons. The van der Waals surface area contributed by atoms with E-state index in [1.807, 2.05) is 0 Å². The highest BCUT2D eigenvalue weighted by molar-refractivity contribution is 7.13. The van der Waals surface area contributed by atoms with Gasteiger partial charge >= 0.3 is 5.92 Å². The molecule has 7 heteroatoms. The molecule has 0 unspecified atom stereocenters. The molecule has 0 aliphatic carbocycles. The number of hydrogen-bond acceptors (Lipinski definition) is 3. The summed E-state index contributed by atoms with van der Waals surface area (Å²) in [4.78, 5) is 14.2. The van der Waals surface area contributed by atoms with E-state index in [4.69, 9.17) is 0 Å². The van der Waals surface area contributed by atoms with E-state index < -0.39 is 23.3 Å². The summed E-state index contributed by atoms with van der Waals surface area (Å²) in [5.74, 6) is -5.98. The Hall–Kier alpha value is -1.89. The van der Waals surface area contributed by atoms with Crippen LogP contribution in [0, 0.1) is 5.82 Å². The van der Waals surface area contributed by atoms with Crippen LogP contribution in [0.25, 0.3) is 10.6 Å². The number of hydrogen-bond donors (Lipinski definition) is 1. The van der Waals surface area contributed by atoms with Crippen LogP contribution in [0.2, 0.25) is 0 Å². The second-order valence-electron chi connectivity index (χ2n) is 3.48. The zero-order chi connectivity index (χ0) is 13.3. The van der Waals surface area contributed by atoms with Gasteiger partial charge in [-0.3, -0.25) is 4.79 Å². The summed E-state index contributed by atoms with van der Waals surface area (Å²) >= 11 is 0.931. The topological polar surface area (TPSA) is 56.0 Å². The lowest BCUT2D eigenvalue weighted by molar-refractivity contribution is -0.143. The van der Waals surface area contributed by atoms with Crippen molar-refractivity contribution in [2.24, 2.45) is 5.73 Å². The lowest BCUT2D eigenvalue weighted by atomic mass is 10.2. The first-order chi connectivity index (χ1) is 8.41. The van der Waals surface area contributed by atoms with Crippen LogP contribution in [-0.4, -0.2) is 10.9 Å². The fourth-order valence-electron chi connectivity index (χ4n) is 1.27. The zero-order valence-electron chi connectivity index (χ0n) is 8.86. The number of aromatic nitrogens is 1. The largest absolute Gasteiger partial charge is 0.366 e. The number of alkyl halides is 2. The molecule has 2 N–H and O–H groups in total. The molecular weight excluding hydrogens is 265 g/mol. The lowest BCUT2D eigenvalue weighted by Crippen LogP contribution is -2.33. The quantitative estimate of drug-likeness (QED) is 0.933. The smallest absolute Gasteiger partial charge is 0.364 e. The van der Waals surface area contributed by atoms with Crippen molar-refractivity contribution >= 4 is 17.2 Å². The van der Waals surface area contributed by atoms with Crippen molar-refractivity contribution in [3.8, 4) is 10.6 Å². The second-order valence-corrected chi connectivity index (χ2v) is 4.34. The molecule has 3 nitrogen and oxygen atoms in total. The van der Waals surface area contributed by atoms with Crippen LogP contribution in [0.5, 0.6) is 0 Å². The first-order valence-corrected chi connectivity index (χ1v) is 5.69. The van der Waals surface area contributed by atoms with Gasteiger partial charge in [0.25, 0.3) is 5.91 Å². The molecule has 0 aliphatic rings. The molecule has 0 fully saturated rings. The van der Waals surface area contributed by atoms with E-state index in [0.29, 0.717) is 5.56 Å². The zero-order valence-corrected chi connectivity index (χ0v) is 9.68. The number of halogens is 3. The Labute approximate surface area is 104 Å². The summed E-state index contributed by atoms with van der Waals surface area (Å²) in [6.45, 7) is 0. The van der Waals surface area contributed by atoms with E-state index in [-0.39, 0.29) is 5.01 Å². The monoisotopic (exact) mass is 272 g/mol. The van der Waals surface area contributed by atoms with Gasteiger partial charge in [0.2, 0.25) is 0 Å². The maximum atomic E-state index is 13.3. The van der Waals surface area contributed by atoms with Gasteiger partial charge in [-0.2, -0.15) is 8.78 Å². The normalized spacial score (nSPS) is 11.5. The first kappa shape index (κ1) is 12.6. The molecule has 0 atom stereocenters. The van der Waals surface area contributed by atoms with Gasteiger partial charge < -0.3 is 5.73 Å². The lowest BCUT2D eigenvalue weighted by Gasteiger charge is -2.07. The van der Waals surface area contributed by atoms with Gasteiger partial charge in [0, 0.05) is 10.9 Å². The van der Waals surface area contributed by atoms with Crippen LogP contribution in [-0.2, 0) is 10.7 Å². The molecular formula is C11H7F3N2OS. The number of nitrogens with two attached hydrogens (primary N) is 1. The number of rotatable bonds is 3. The summed E-state index contributed by atoms with van der Waals surface area (Å²) < 4.78 is 39.3. The molecule has 0 bridgehead atoms. The highest BCUT2D eigenvalue weighted by atomic mass is 32.1. The Kier molecular flexibility index (Phi) is 3.08. The number of thiazole rings is 1. The fourth-order valence-corrected chi connectivity index (χ4v) is 2.12. The third-order valence-electron chi connectivity index (χ3n) is 2.23. The molecule has 0 saturated heterocycles. The van der Waals surface area contributed by atoms with Crippen molar-refractivity contribution in [1.82, 2.24) is 4.98 Å². The molecule has 1 aromatic heterocycles. The molecule has 0 aliphatic heterocycles. The molecule has 18 heavy (non-hydrogen) atoms. The van der Waals surface area contributed by atoms with E-state index >= 15 is 0 Å². The van der Waals surface area contributed by atoms with Crippen LogP contribution < -0.4 is 5.73 Å². The minimum atomic E-state index is -3.80. The van der Waals surface area contributed by atoms with Crippen LogP contribution in [0.4, 0.5) is 13.2 Å². The standard InChI is InChI=1S/C11H7F3N2OS/c12-7-3-1-6(2-4-7)9-16-8(5-18-9)11(13,14)10(15)17/h1-5H,(H2,15,17). The van der Waals surface area contributed by atoms with Crippen LogP contribution >= 0.6 is 11.3 Å². The van der Waals surface area contributed by atoms with Gasteiger partial charge in [-0.05, 0) is 24.3 Å². The fraction of sp³-hybridized carbons (Fsp3) is 0.0909. The minimum absolute atomic E-state index is 0.269. The molecule has 0 radical (unpaired) electrons. The first-order valence-electron chi connectivity index (χ1n) is 4.81. The van der Waals surface area contributed by atoms with Gasteiger partial charge in [0.1, 0.15) is 16.5 Å². The van der Waals surface area contributed by atoms with Crippen molar-refractivity contribution < 1.29 is 18.0 Å². The number of carbonyl (C=O) groups excluding carboxylic acids is 1. The summed E-state index contributed by atoms with van der Waals surface area (Å²) in [5.41, 5.74) is 4.39. The number of nitrogens with zero attached hydrogens (tertiary/aromatic N) is 1. The highest BCUT2D eigenvalue weighted by Gasteiger charge is 2.41. The summed E-state index contributed by atoms with van der Waals surface area (Å²) in [7, 11) is 0. The molecule has 0 spiro atoms. The second kappa shape index (κ2) is 4.41. The number of amides is 1. The van der Waals surface area contributed by atoms with Crippen molar-refractivity contribution in [1.29, 1.82) is 0 Å². The average molecular weight is 272 g/mol. The third-order valence-corrected chi connectivity index (χ3v) is 3.12. The maximum absolute atomic E-state index is 13.3. The summed E-state index contributed by atoms with van der Waals surface area (Å²) in [6, 6.07) is 5.23. The molecule has 2 rings (SSSR count). The molecule has 2 aromatic rings. The summed E-state index contributed by atoms with van der Waals surface area (Å²) in [6.07, 6.45) is 0. The van der Waals surface area contributed by atoms with Crippen LogP contribution in [0.3, 0.4) is 0 Å². The van der Waals surface area contributed by atoms with Crippen LogP contribution in [0.1, 0.15) is 5.69 Å². The highest BCUT2D eigenvalue weighted by Crippen LogP contribution is 2.32. The van der Waals surface area contributed by atoms with E-state index in [1.165, 1.54) is 24.3 Å². The summed E-state index contributed by atoms with van der Waals surface area (Å²) in [5, 5.41) is 1.33. The van der Waals surface area contributed by atoms with Crippen LogP contribution in [0.15, 0.2) is 29.6 Å². The molecule has 1 heterocycles. The average Bonchev–Trinajstić information content (AvgIpc) is 2.79. The molecule has 0 saturated carbocycles. The Morgan fingerprint density at radius 3 is 2.44 bits per heavy atom. The Morgan fingerprint density at radius 2 is 1.89 bits per heavy atom. The number of benzene rings is 1. The van der Waals surface area contributed by atoms with Crippen molar-refractivity contribution in [2.75, 3.05) is 0 Å². The van der Waals surface area contributed by atoms with Gasteiger partial charge in [0.15, 0.2) is 0 Å². The number of carbonyl (C=O) groups is 1. The van der Waals surface area contributed by atoms with E-state index in [0.717, 1.165) is 16.7 Å². The number of primary amides is 1. The Balaban J connectivity index is 2.37. The van der Waals surface area contributed by atoms with Gasteiger partial charge in [0.05, 0.1) is 0 Å². The minimum Gasteiger partial charge on any atom is -0.364 e. The SMILES string of the molecule is NC(=O)C(F)(F)c1csc(-c2ccc(F)cc2)n1. The molecule has 1 aromatic carbocycles. The van der Waals surface area contributed by atoms with E-state index in [2.05, 4.69) is 10.7 Å². The Morgan fingerprint density at radius 1 is 1.28 bits per heavy atom.